The van der Waals surface area contributed by atoms with Crippen molar-refractivity contribution in [3.8, 4) is 0 Å². The molecule has 0 aliphatic heterocycles. The lowest BCUT2D eigenvalue weighted by atomic mass is 9.61. The van der Waals surface area contributed by atoms with E-state index in [9.17, 15) is 10.2 Å². The van der Waals surface area contributed by atoms with Crippen LogP contribution in [-0.4, -0.2) is 48.6 Å². The average Bonchev–Trinajstić information content (AvgIpc) is 3.07. The van der Waals surface area contributed by atoms with E-state index in [4.69, 9.17) is 11.5 Å². The molecule has 0 atom stereocenters. The van der Waals surface area contributed by atoms with Crippen molar-refractivity contribution in [1.29, 1.82) is 0 Å². The molecule has 0 bridgehead atoms. The van der Waals surface area contributed by atoms with Crippen molar-refractivity contribution >= 4 is 65.8 Å². The number of hydrogen-bond donors (Lipinski definition) is 4. The van der Waals surface area contributed by atoms with Crippen molar-refractivity contribution < 1.29 is 10.2 Å². The smallest absolute Gasteiger partial charge is 0.0729 e. The number of nitrogens with zero attached hydrogens (tertiary/aromatic N) is 2. The molecule has 236 valence electrons. The van der Waals surface area contributed by atoms with Crippen LogP contribution in [0.2, 0.25) is 0 Å². The number of fused-ring (bicyclic) bond motifs is 4. The van der Waals surface area contributed by atoms with E-state index in [1.54, 1.807) is 0 Å². The monoisotopic (exact) mass is 612 g/mol. The summed E-state index contributed by atoms with van der Waals surface area (Å²) in [5, 5.41) is 32.8. The maximum absolute atomic E-state index is 12.1. The molecule has 46 heavy (non-hydrogen) atoms. The Labute approximate surface area is 270 Å². The standard InChI is InChI=1S/C40H44N4O2/c1-5-43(6-2)33-21-31(41)35(29-19-25-15-11-9-13-23(25)17-27(29)33)37-39(45)38(40(37)46)36-30-20-26-16-12-10-14-24(26)18-28(30)34(22-32(36)42)44(7-3)8-4/h9-22,37-40,45-46H,5-8,41-42H2,1-4H3. The second kappa shape index (κ2) is 11.7. The molecular formula is C40H44N4O2. The van der Waals surface area contributed by atoms with Gasteiger partial charge in [0.2, 0.25) is 0 Å². The molecule has 1 aliphatic carbocycles. The zero-order valence-corrected chi connectivity index (χ0v) is 27.2. The average molecular weight is 613 g/mol. The summed E-state index contributed by atoms with van der Waals surface area (Å²) in [5.41, 5.74) is 18.7. The van der Waals surface area contributed by atoms with Crippen molar-refractivity contribution in [3.63, 3.8) is 0 Å². The largest absolute Gasteiger partial charge is 0.398 e. The van der Waals surface area contributed by atoms with E-state index in [1.165, 1.54) is 0 Å². The van der Waals surface area contributed by atoms with E-state index in [0.717, 1.165) is 91.8 Å². The first-order valence-electron chi connectivity index (χ1n) is 16.7. The summed E-state index contributed by atoms with van der Waals surface area (Å²) in [4.78, 5) is 4.62. The quantitative estimate of drug-likeness (QED) is 0.104. The maximum atomic E-state index is 12.1. The van der Waals surface area contributed by atoms with E-state index < -0.39 is 24.0 Å². The minimum Gasteiger partial charge on any atom is -0.398 e. The SMILES string of the molecule is CCN(CC)c1cc(N)c(C2C(O)C(c3c(N)cc(N(CC)CC)c4cc5ccccc5cc34)C2O)c2cc3ccccc3cc12. The van der Waals surface area contributed by atoms with E-state index >= 15 is 0 Å². The van der Waals surface area contributed by atoms with Gasteiger partial charge in [0.25, 0.3) is 0 Å². The van der Waals surface area contributed by atoms with Crippen LogP contribution in [0.5, 0.6) is 0 Å². The second-order valence-corrected chi connectivity index (χ2v) is 12.7. The Hall–Kier alpha value is -4.52. The van der Waals surface area contributed by atoms with Crippen LogP contribution in [0.25, 0.3) is 43.1 Å². The predicted molar refractivity (Wildman–Crippen MR) is 196 cm³/mol. The lowest BCUT2D eigenvalue weighted by Crippen LogP contribution is -2.52. The number of benzene rings is 6. The van der Waals surface area contributed by atoms with E-state index in [1.807, 2.05) is 24.3 Å². The fourth-order valence-corrected chi connectivity index (χ4v) is 8.05. The molecule has 0 heterocycles. The van der Waals surface area contributed by atoms with Gasteiger partial charge in [-0.15, -0.1) is 0 Å². The van der Waals surface area contributed by atoms with Gasteiger partial charge < -0.3 is 31.5 Å². The Morgan fingerprint density at radius 1 is 0.500 bits per heavy atom. The molecule has 6 aromatic rings. The molecule has 0 amide bonds. The minimum absolute atomic E-state index is 0.559. The summed E-state index contributed by atoms with van der Waals surface area (Å²) in [7, 11) is 0. The maximum Gasteiger partial charge on any atom is 0.0729 e. The number of rotatable bonds is 8. The summed E-state index contributed by atoms with van der Waals surface area (Å²) in [6, 6.07) is 29.5. The third-order valence-electron chi connectivity index (χ3n) is 10.5. The van der Waals surface area contributed by atoms with Crippen LogP contribution < -0.4 is 21.3 Å². The van der Waals surface area contributed by atoms with Crippen LogP contribution in [0, 0.1) is 0 Å². The van der Waals surface area contributed by atoms with Crippen LogP contribution in [0.15, 0.2) is 84.9 Å². The van der Waals surface area contributed by atoms with E-state index in [0.29, 0.717) is 11.4 Å². The number of anilines is 4. The third kappa shape index (κ3) is 4.54. The molecule has 6 aromatic carbocycles. The first-order chi connectivity index (χ1) is 22.3. The fourth-order valence-electron chi connectivity index (χ4n) is 8.05. The second-order valence-electron chi connectivity index (χ2n) is 12.7. The molecule has 0 radical (unpaired) electrons. The molecule has 6 nitrogen and oxygen atoms in total. The molecular weight excluding hydrogens is 568 g/mol. The van der Waals surface area contributed by atoms with E-state index in [-0.39, 0.29) is 0 Å². The van der Waals surface area contributed by atoms with Crippen LogP contribution in [0.3, 0.4) is 0 Å². The van der Waals surface area contributed by atoms with Crippen molar-refractivity contribution in [3.05, 3.63) is 96.1 Å². The molecule has 0 saturated heterocycles. The zero-order valence-electron chi connectivity index (χ0n) is 27.2. The molecule has 7 rings (SSSR count). The van der Waals surface area contributed by atoms with Crippen LogP contribution in [-0.2, 0) is 0 Å². The Bertz CT molecular complexity index is 1940. The summed E-state index contributed by atoms with van der Waals surface area (Å²) in [5.74, 6) is -1.12. The van der Waals surface area contributed by atoms with Crippen LogP contribution in [0.4, 0.5) is 22.7 Å². The lowest BCUT2D eigenvalue weighted by molar-refractivity contribution is -0.0770. The molecule has 1 saturated carbocycles. The molecule has 1 fully saturated rings. The summed E-state index contributed by atoms with van der Waals surface area (Å²) in [6.45, 7) is 12.0. The van der Waals surface area contributed by atoms with Gasteiger partial charge in [-0.25, -0.2) is 0 Å². The molecule has 0 unspecified atom stereocenters. The van der Waals surface area contributed by atoms with Crippen molar-refractivity contribution in [2.24, 2.45) is 0 Å². The summed E-state index contributed by atoms with van der Waals surface area (Å²) < 4.78 is 0. The first-order valence-corrected chi connectivity index (χ1v) is 16.7. The Kier molecular flexibility index (Phi) is 7.66. The fraction of sp³-hybridized carbons (Fsp3) is 0.300. The van der Waals surface area contributed by atoms with Crippen LogP contribution >= 0.6 is 0 Å². The molecule has 1 aliphatic rings. The van der Waals surface area contributed by atoms with Gasteiger partial charge in [-0.3, -0.25) is 0 Å². The summed E-state index contributed by atoms with van der Waals surface area (Å²) >= 11 is 0. The molecule has 0 aromatic heterocycles. The number of nitrogens with two attached hydrogens (primary N) is 2. The highest BCUT2D eigenvalue weighted by atomic mass is 16.3. The third-order valence-corrected chi connectivity index (χ3v) is 10.5. The van der Waals surface area contributed by atoms with Gasteiger partial charge in [0.15, 0.2) is 0 Å². The first kappa shape index (κ1) is 30.2. The molecule has 6 N–H and O–H groups in total. The Morgan fingerprint density at radius 3 is 1.11 bits per heavy atom. The Balaban J connectivity index is 1.41. The van der Waals surface area contributed by atoms with Gasteiger partial charge in [0, 0.05) is 71.5 Å². The van der Waals surface area contributed by atoms with Gasteiger partial charge in [-0.05, 0) is 108 Å². The lowest BCUT2D eigenvalue weighted by Gasteiger charge is -2.48. The van der Waals surface area contributed by atoms with Crippen molar-refractivity contribution in [2.75, 3.05) is 47.4 Å². The number of aliphatic hydroxyl groups is 2. The highest BCUT2D eigenvalue weighted by molar-refractivity contribution is 6.09. The van der Waals surface area contributed by atoms with Gasteiger partial charge in [0.05, 0.1) is 12.2 Å². The van der Waals surface area contributed by atoms with Crippen LogP contribution in [0.1, 0.15) is 50.7 Å². The number of nitrogen functional groups attached to an aromatic ring is 2. The number of hydrogen-bond acceptors (Lipinski definition) is 6. The predicted octanol–water partition coefficient (Wildman–Crippen LogP) is 7.76. The van der Waals surface area contributed by atoms with Gasteiger partial charge in [0.1, 0.15) is 0 Å². The van der Waals surface area contributed by atoms with Crippen molar-refractivity contribution in [1.82, 2.24) is 0 Å². The van der Waals surface area contributed by atoms with Gasteiger partial charge in [-0.2, -0.15) is 0 Å². The van der Waals surface area contributed by atoms with E-state index in [2.05, 4.69) is 98.2 Å². The highest BCUT2D eigenvalue weighted by Crippen LogP contribution is 2.55. The van der Waals surface area contributed by atoms with Gasteiger partial charge in [-0.1, -0.05) is 48.5 Å². The minimum atomic E-state index is -0.873. The zero-order chi connectivity index (χ0) is 32.3. The Morgan fingerprint density at radius 2 is 0.804 bits per heavy atom. The molecule has 0 spiro atoms. The van der Waals surface area contributed by atoms with Gasteiger partial charge >= 0.3 is 0 Å². The number of aliphatic hydroxyl groups excluding tert-OH is 2. The van der Waals surface area contributed by atoms with Crippen molar-refractivity contribution in [2.45, 2.75) is 51.7 Å². The highest BCUT2D eigenvalue weighted by Gasteiger charge is 2.52. The molecule has 6 heteroatoms. The normalized spacial score (nSPS) is 19.6. The topological polar surface area (TPSA) is 99.0 Å². The summed E-state index contributed by atoms with van der Waals surface area (Å²) in [6.07, 6.45) is -1.75.